The van der Waals surface area contributed by atoms with Crippen molar-refractivity contribution in [2.75, 3.05) is 0 Å². The van der Waals surface area contributed by atoms with Crippen LogP contribution in [0.1, 0.15) is 33.7 Å². The van der Waals surface area contributed by atoms with Crippen molar-refractivity contribution in [1.82, 2.24) is 4.98 Å². The highest BCUT2D eigenvalue weighted by Gasteiger charge is 2.59. The number of carboxylic acids is 1. The molecule has 6 rings (SSSR count). The van der Waals surface area contributed by atoms with Crippen LogP contribution in [0, 0.1) is 31.5 Å². The van der Waals surface area contributed by atoms with Crippen LogP contribution in [-0.2, 0) is 17.8 Å². The zero-order chi connectivity index (χ0) is 25.0. The molecule has 0 unspecified atom stereocenters. The van der Waals surface area contributed by atoms with Crippen molar-refractivity contribution >= 4 is 5.97 Å². The molecule has 0 aliphatic heterocycles. The van der Waals surface area contributed by atoms with Gasteiger partial charge in [0.15, 0.2) is 0 Å². The largest absolute Gasteiger partial charge is 0.481 e. The van der Waals surface area contributed by atoms with Gasteiger partial charge in [0.25, 0.3) is 0 Å². The summed E-state index contributed by atoms with van der Waals surface area (Å²) in [5.74, 6) is -0.633. The zero-order valence-corrected chi connectivity index (χ0v) is 20.2. The SMILES string of the molecule is Cc1ccc(-c2ccc(-c3cc(COc4cc5c(cn4)[C@H]4[C@@H](C5)[C@@H]4C(=O)O)c(F)cc3C)cc2)cc1. The van der Waals surface area contributed by atoms with Gasteiger partial charge in [-0.25, -0.2) is 9.37 Å². The summed E-state index contributed by atoms with van der Waals surface area (Å²) in [6, 6.07) is 22.0. The van der Waals surface area contributed by atoms with Crippen LogP contribution < -0.4 is 4.74 Å². The molecule has 2 aliphatic carbocycles. The van der Waals surface area contributed by atoms with Crippen LogP contribution in [-0.4, -0.2) is 16.1 Å². The number of carboxylic acid groups (broad SMARTS) is 1. The van der Waals surface area contributed by atoms with Gasteiger partial charge < -0.3 is 9.84 Å². The van der Waals surface area contributed by atoms with Gasteiger partial charge in [-0.05, 0) is 77.3 Å². The fourth-order valence-corrected chi connectivity index (χ4v) is 5.56. The summed E-state index contributed by atoms with van der Waals surface area (Å²) in [5.41, 5.74) is 8.94. The van der Waals surface area contributed by atoms with Crippen molar-refractivity contribution in [3.63, 3.8) is 0 Å². The average Bonchev–Trinajstić information content (AvgIpc) is 3.47. The highest BCUT2D eigenvalue weighted by atomic mass is 19.1. The first kappa shape index (κ1) is 22.5. The van der Waals surface area contributed by atoms with Crippen LogP contribution in [0.5, 0.6) is 5.88 Å². The molecule has 4 nitrogen and oxygen atoms in total. The predicted octanol–water partition coefficient (Wildman–Crippen LogP) is 6.72. The number of benzene rings is 3. The normalized spacial score (nSPS) is 19.5. The second-order valence-electron chi connectivity index (χ2n) is 9.97. The summed E-state index contributed by atoms with van der Waals surface area (Å²) in [6.45, 7) is 4.05. The molecule has 1 aromatic heterocycles. The summed E-state index contributed by atoms with van der Waals surface area (Å²) in [6.07, 6.45) is 2.46. The van der Waals surface area contributed by atoms with Crippen LogP contribution in [0.4, 0.5) is 4.39 Å². The molecule has 36 heavy (non-hydrogen) atoms. The second-order valence-corrected chi connectivity index (χ2v) is 9.97. The van der Waals surface area contributed by atoms with Crippen LogP contribution in [0.3, 0.4) is 0 Å². The number of aliphatic carboxylic acids is 1. The fourth-order valence-electron chi connectivity index (χ4n) is 5.56. The molecule has 5 heteroatoms. The number of halogens is 1. The van der Waals surface area contributed by atoms with Crippen molar-refractivity contribution in [3.8, 4) is 28.1 Å². The van der Waals surface area contributed by atoms with E-state index < -0.39 is 5.97 Å². The standard InChI is InChI=1S/C31H26FNO3/c1-17-3-5-19(6-4-17)20-7-9-21(10-8-20)24-13-23(27(32)11-18(24)2)16-36-28-14-22-12-25-29(26(22)15-33-28)30(25)31(34)35/h3-11,13-15,25,29-30H,12,16H2,1-2H3,(H,34,35)/t25-,29-,30+/m1/s1. The lowest BCUT2D eigenvalue weighted by Crippen LogP contribution is -2.06. The Hall–Kier alpha value is -3.99. The van der Waals surface area contributed by atoms with E-state index in [-0.39, 0.29) is 30.2 Å². The number of pyridine rings is 1. The van der Waals surface area contributed by atoms with Crippen LogP contribution in [0.15, 0.2) is 72.9 Å². The first-order valence-electron chi connectivity index (χ1n) is 12.2. The van der Waals surface area contributed by atoms with E-state index in [2.05, 4.69) is 60.4 Å². The van der Waals surface area contributed by atoms with E-state index in [0.717, 1.165) is 45.4 Å². The minimum Gasteiger partial charge on any atom is -0.481 e. The van der Waals surface area contributed by atoms with Gasteiger partial charge in [-0.15, -0.1) is 0 Å². The molecule has 180 valence electrons. The maximum absolute atomic E-state index is 14.8. The van der Waals surface area contributed by atoms with Gasteiger partial charge in [-0.1, -0.05) is 54.1 Å². The molecule has 3 aromatic carbocycles. The Morgan fingerprint density at radius 1 is 1.00 bits per heavy atom. The number of nitrogens with zero attached hydrogens (tertiary/aromatic N) is 1. The van der Waals surface area contributed by atoms with E-state index in [4.69, 9.17) is 4.74 Å². The number of hydrogen-bond acceptors (Lipinski definition) is 3. The Kier molecular flexibility index (Phi) is 5.36. The number of aromatic nitrogens is 1. The fraction of sp³-hybridized carbons (Fsp3) is 0.226. The van der Waals surface area contributed by atoms with Gasteiger partial charge in [0.2, 0.25) is 5.88 Å². The van der Waals surface area contributed by atoms with Gasteiger partial charge in [0, 0.05) is 23.7 Å². The Morgan fingerprint density at radius 3 is 2.36 bits per heavy atom. The smallest absolute Gasteiger partial charge is 0.307 e. The van der Waals surface area contributed by atoms with Crippen molar-refractivity contribution < 1.29 is 19.0 Å². The van der Waals surface area contributed by atoms with E-state index >= 15 is 0 Å². The molecular weight excluding hydrogens is 453 g/mol. The molecule has 0 amide bonds. The first-order chi connectivity index (χ1) is 17.4. The maximum Gasteiger partial charge on any atom is 0.307 e. The average molecular weight is 480 g/mol. The third-order valence-corrected chi connectivity index (χ3v) is 7.62. The van der Waals surface area contributed by atoms with E-state index in [1.54, 1.807) is 12.3 Å². The molecule has 1 N–H and O–H groups in total. The minimum absolute atomic E-state index is 0.0664. The number of aryl methyl sites for hydroxylation is 2. The molecule has 1 heterocycles. The first-order valence-corrected chi connectivity index (χ1v) is 12.2. The van der Waals surface area contributed by atoms with Gasteiger partial charge in [-0.2, -0.15) is 0 Å². The van der Waals surface area contributed by atoms with E-state index in [1.165, 1.54) is 5.56 Å². The molecule has 0 saturated heterocycles. The summed E-state index contributed by atoms with van der Waals surface area (Å²) in [7, 11) is 0. The van der Waals surface area contributed by atoms with Gasteiger partial charge in [0.05, 0.1) is 5.92 Å². The molecule has 0 spiro atoms. The number of fused-ring (bicyclic) bond motifs is 3. The van der Waals surface area contributed by atoms with Crippen molar-refractivity contribution in [2.45, 2.75) is 32.8 Å². The number of hydrogen-bond donors (Lipinski definition) is 1. The molecule has 2 aliphatic rings. The van der Waals surface area contributed by atoms with Crippen molar-refractivity contribution in [2.24, 2.45) is 11.8 Å². The van der Waals surface area contributed by atoms with Crippen molar-refractivity contribution in [1.29, 1.82) is 0 Å². The maximum atomic E-state index is 14.8. The lowest BCUT2D eigenvalue weighted by Gasteiger charge is -2.13. The lowest BCUT2D eigenvalue weighted by atomic mass is 9.95. The van der Waals surface area contributed by atoms with Crippen LogP contribution >= 0.6 is 0 Å². The highest BCUT2D eigenvalue weighted by molar-refractivity contribution is 5.78. The van der Waals surface area contributed by atoms with Crippen LogP contribution in [0.25, 0.3) is 22.3 Å². The topological polar surface area (TPSA) is 59.4 Å². The third kappa shape index (κ3) is 3.95. The summed E-state index contributed by atoms with van der Waals surface area (Å²) in [4.78, 5) is 15.7. The Labute approximate surface area is 209 Å². The molecule has 1 saturated carbocycles. The number of rotatable bonds is 6. The Morgan fingerprint density at radius 2 is 1.67 bits per heavy atom. The van der Waals surface area contributed by atoms with Crippen LogP contribution in [0.2, 0.25) is 0 Å². The number of ether oxygens (including phenoxy) is 1. The zero-order valence-electron chi connectivity index (χ0n) is 20.2. The van der Waals surface area contributed by atoms with E-state index in [1.807, 2.05) is 19.1 Å². The quantitative estimate of drug-likeness (QED) is 0.333. The monoisotopic (exact) mass is 479 g/mol. The lowest BCUT2D eigenvalue weighted by molar-refractivity contribution is -0.139. The second kappa shape index (κ2) is 8.59. The minimum atomic E-state index is -0.730. The Bertz CT molecular complexity index is 1480. The van der Waals surface area contributed by atoms with E-state index in [0.29, 0.717) is 11.4 Å². The highest BCUT2D eigenvalue weighted by Crippen LogP contribution is 2.61. The van der Waals surface area contributed by atoms with Gasteiger partial charge in [0.1, 0.15) is 12.4 Å². The third-order valence-electron chi connectivity index (χ3n) is 7.62. The van der Waals surface area contributed by atoms with Crippen molar-refractivity contribution in [3.05, 3.63) is 107 Å². The molecule has 3 atom stereocenters. The summed E-state index contributed by atoms with van der Waals surface area (Å²) in [5, 5.41) is 9.29. The molecule has 1 fully saturated rings. The summed E-state index contributed by atoms with van der Waals surface area (Å²) >= 11 is 0. The Balaban J connectivity index is 1.19. The molecule has 0 radical (unpaired) electrons. The number of carbonyl (C=O) groups is 1. The van der Waals surface area contributed by atoms with Gasteiger partial charge in [-0.3, -0.25) is 4.79 Å². The molecule has 4 aromatic rings. The molecule has 0 bridgehead atoms. The predicted molar refractivity (Wildman–Crippen MR) is 136 cm³/mol. The molecular formula is C31H26FNO3. The van der Waals surface area contributed by atoms with Gasteiger partial charge >= 0.3 is 5.97 Å². The van der Waals surface area contributed by atoms with E-state index in [9.17, 15) is 14.3 Å². The summed E-state index contributed by atoms with van der Waals surface area (Å²) < 4.78 is 20.7.